The first-order chi connectivity index (χ1) is 7.29. The zero-order valence-corrected chi connectivity index (χ0v) is 8.62. The van der Waals surface area contributed by atoms with E-state index in [0.717, 1.165) is 6.54 Å². The second kappa shape index (κ2) is 2.98. The smallest absolute Gasteiger partial charge is 0.0792 e. The molecule has 4 N–H and O–H groups in total. The molecule has 0 radical (unpaired) electrons. The third-order valence-electron chi connectivity index (χ3n) is 2.89. The lowest BCUT2D eigenvalue weighted by Crippen LogP contribution is -2.18. The van der Waals surface area contributed by atoms with E-state index in [9.17, 15) is 0 Å². The van der Waals surface area contributed by atoms with Crippen LogP contribution in [0.5, 0.6) is 0 Å². The minimum atomic E-state index is 0.000324. The molecule has 1 aromatic carbocycles. The molecule has 15 heavy (non-hydrogen) atoms. The van der Waals surface area contributed by atoms with Gasteiger partial charge in [-0.25, -0.2) is 5.43 Å². The first-order valence-electron chi connectivity index (χ1n) is 5.15. The Morgan fingerprint density at radius 1 is 1.40 bits per heavy atom. The van der Waals surface area contributed by atoms with Gasteiger partial charge in [-0.3, -0.25) is 0 Å². The van der Waals surface area contributed by atoms with Crippen molar-refractivity contribution in [1.29, 1.82) is 0 Å². The Balaban J connectivity index is 2.41. The predicted octanol–water partition coefficient (Wildman–Crippen LogP) is 1.55. The standard InChI is InChI=1S/C11H14N4/c1-7(12)15-9-5-3-2-4-8(9)11-10(15)6-13-14-11/h2-5,7,13-14H,6,12H2,1H3/t7-/m1/s1. The van der Waals surface area contributed by atoms with Crippen molar-refractivity contribution in [3.05, 3.63) is 30.0 Å². The summed E-state index contributed by atoms with van der Waals surface area (Å²) >= 11 is 0. The maximum Gasteiger partial charge on any atom is 0.0792 e. The first-order valence-corrected chi connectivity index (χ1v) is 5.15. The van der Waals surface area contributed by atoms with Crippen LogP contribution < -0.4 is 16.6 Å². The average Bonchev–Trinajstić information content (AvgIpc) is 2.75. The van der Waals surface area contributed by atoms with Crippen molar-refractivity contribution in [2.75, 3.05) is 5.43 Å². The van der Waals surface area contributed by atoms with E-state index in [1.165, 1.54) is 22.3 Å². The maximum atomic E-state index is 6.00. The number of para-hydroxylation sites is 1. The second-order valence-corrected chi connectivity index (χ2v) is 3.93. The minimum Gasteiger partial charge on any atom is -0.326 e. The maximum absolute atomic E-state index is 6.00. The molecule has 3 rings (SSSR count). The molecule has 0 aliphatic carbocycles. The highest BCUT2D eigenvalue weighted by atomic mass is 15.4. The van der Waals surface area contributed by atoms with Gasteiger partial charge in [-0.2, -0.15) is 0 Å². The Kier molecular flexibility index (Phi) is 1.74. The largest absolute Gasteiger partial charge is 0.326 e. The van der Waals surface area contributed by atoms with Crippen LogP contribution >= 0.6 is 0 Å². The normalized spacial score (nSPS) is 16.4. The van der Waals surface area contributed by atoms with Gasteiger partial charge in [0.05, 0.1) is 29.6 Å². The van der Waals surface area contributed by atoms with Crippen LogP contribution in [0.2, 0.25) is 0 Å². The van der Waals surface area contributed by atoms with Crippen LogP contribution in [0.1, 0.15) is 18.8 Å². The van der Waals surface area contributed by atoms with Gasteiger partial charge >= 0.3 is 0 Å². The van der Waals surface area contributed by atoms with Crippen molar-refractivity contribution in [3.8, 4) is 0 Å². The van der Waals surface area contributed by atoms with Gasteiger partial charge in [0.1, 0.15) is 0 Å². The zero-order chi connectivity index (χ0) is 10.4. The zero-order valence-electron chi connectivity index (χ0n) is 8.62. The predicted molar refractivity (Wildman–Crippen MR) is 61.3 cm³/mol. The van der Waals surface area contributed by atoms with E-state index in [4.69, 9.17) is 5.73 Å². The fraction of sp³-hybridized carbons (Fsp3) is 0.273. The van der Waals surface area contributed by atoms with Crippen molar-refractivity contribution in [2.24, 2.45) is 5.73 Å². The van der Waals surface area contributed by atoms with Crippen LogP contribution in [0.3, 0.4) is 0 Å². The summed E-state index contributed by atoms with van der Waals surface area (Å²) in [6.45, 7) is 2.83. The molecular weight excluding hydrogens is 188 g/mol. The van der Waals surface area contributed by atoms with E-state index < -0.39 is 0 Å². The summed E-state index contributed by atoms with van der Waals surface area (Å²) in [7, 11) is 0. The number of aromatic nitrogens is 1. The van der Waals surface area contributed by atoms with Gasteiger partial charge in [0, 0.05) is 5.39 Å². The summed E-state index contributed by atoms with van der Waals surface area (Å²) in [6, 6.07) is 8.32. The van der Waals surface area contributed by atoms with Gasteiger partial charge in [0.2, 0.25) is 0 Å². The third kappa shape index (κ3) is 1.09. The number of hydrogen-bond donors (Lipinski definition) is 3. The van der Waals surface area contributed by atoms with E-state index in [1.807, 2.05) is 19.1 Å². The lowest BCUT2D eigenvalue weighted by molar-refractivity contribution is 0.566. The SMILES string of the molecule is C[C@H](N)n1c2c(c3ccccc31)NNC2. The van der Waals surface area contributed by atoms with Crippen molar-refractivity contribution in [1.82, 2.24) is 9.99 Å². The van der Waals surface area contributed by atoms with Crippen LogP contribution in [0, 0.1) is 0 Å². The van der Waals surface area contributed by atoms with Crippen LogP contribution in [0.4, 0.5) is 5.69 Å². The number of nitrogens with one attached hydrogen (secondary N) is 2. The van der Waals surface area contributed by atoms with Crippen molar-refractivity contribution in [3.63, 3.8) is 0 Å². The molecule has 0 amide bonds. The van der Waals surface area contributed by atoms with Gasteiger partial charge in [-0.05, 0) is 13.0 Å². The number of hydrazine groups is 1. The van der Waals surface area contributed by atoms with Crippen LogP contribution in [-0.4, -0.2) is 4.57 Å². The number of anilines is 1. The van der Waals surface area contributed by atoms with E-state index in [-0.39, 0.29) is 6.17 Å². The van der Waals surface area contributed by atoms with Crippen LogP contribution in [0.15, 0.2) is 24.3 Å². The van der Waals surface area contributed by atoms with E-state index in [2.05, 4.69) is 27.6 Å². The second-order valence-electron chi connectivity index (χ2n) is 3.93. The number of fused-ring (bicyclic) bond motifs is 3. The molecule has 4 nitrogen and oxygen atoms in total. The summed E-state index contributed by atoms with van der Waals surface area (Å²) in [5.74, 6) is 0. The third-order valence-corrected chi connectivity index (χ3v) is 2.89. The highest BCUT2D eigenvalue weighted by molar-refractivity contribution is 5.95. The highest BCUT2D eigenvalue weighted by Gasteiger charge is 2.21. The summed E-state index contributed by atoms with van der Waals surface area (Å²) in [5.41, 5.74) is 15.9. The van der Waals surface area contributed by atoms with E-state index in [0.29, 0.717) is 0 Å². The summed E-state index contributed by atoms with van der Waals surface area (Å²) in [5, 5.41) is 1.23. The molecule has 2 heterocycles. The minimum absolute atomic E-state index is 0.000324. The molecule has 1 atom stereocenters. The number of nitrogens with two attached hydrogens (primary N) is 1. The van der Waals surface area contributed by atoms with Crippen molar-refractivity contribution < 1.29 is 0 Å². The van der Waals surface area contributed by atoms with Crippen LogP contribution in [-0.2, 0) is 6.54 Å². The van der Waals surface area contributed by atoms with Crippen molar-refractivity contribution in [2.45, 2.75) is 19.6 Å². The Labute approximate surface area is 88.0 Å². The lowest BCUT2D eigenvalue weighted by atomic mass is 10.2. The summed E-state index contributed by atoms with van der Waals surface area (Å²) in [6.07, 6.45) is 0.000324. The molecule has 0 unspecified atom stereocenters. The van der Waals surface area contributed by atoms with Gasteiger partial charge in [-0.15, -0.1) is 0 Å². The lowest BCUT2D eigenvalue weighted by Gasteiger charge is -2.12. The number of rotatable bonds is 1. The van der Waals surface area contributed by atoms with Gasteiger partial charge < -0.3 is 15.7 Å². The van der Waals surface area contributed by atoms with Crippen molar-refractivity contribution >= 4 is 16.6 Å². The fourth-order valence-electron chi connectivity index (χ4n) is 2.31. The van der Waals surface area contributed by atoms with Gasteiger partial charge in [-0.1, -0.05) is 18.2 Å². The molecule has 0 saturated heterocycles. The Bertz CT molecular complexity index is 513. The molecule has 2 aromatic rings. The first kappa shape index (κ1) is 8.76. The molecule has 1 aliphatic rings. The molecule has 4 heteroatoms. The molecule has 0 spiro atoms. The fourth-order valence-corrected chi connectivity index (χ4v) is 2.31. The molecule has 0 fully saturated rings. The van der Waals surface area contributed by atoms with Crippen LogP contribution in [0.25, 0.3) is 10.9 Å². The van der Waals surface area contributed by atoms with E-state index in [1.54, 1.807) is 0 Å². The Morgan fingerprint density at radius 3 is 3.00 bits per heavy atom. The Morgan fingerprint density at radius 2 is 2.20 bits per heavy atom. The Hall–Kier alpha value is -1.52. The number of benzene rings is 1. The molecular formula is C11H14N4. The number of nitrogens with zero attached hydrogens (tertiary/aromatic N) is 1. The molecule has 1 aromatic heterocycles. The highest BCUT2D eigenvalue weighted by Crippen LogP contribution is 2.34. The topological polar surface area (TPSA) is 55.0 Å². The molecule has 0 bridgehead atoms. The monoisotopic (exact) mass is 202 g/mol. The summed E-state index contributed by atoms with van der Waals surface area (Å²) < 4.78 is 2.18. The van der Waals surface area contributed by atoms with Gasteiger partial charge in [0.15, 0.2) is 0 Å². The molecule has 1 aliphatic heterocycles. The summed E-state index contributed by atoms with van der Waals surface area (Å²) in [4.78, 5) is 0. The van der Waals surface area contributed by atoms with E-state index >= 15 is 0 Å². The molecule has 0 saturated carbocycles. The average molecular weight is 202 g/mol. The number of hydrogen-bond acceptors (Lipinski definition) is 3. The molecule has 78 valence electrons. The van der Waals surface area contributed by atoms with Gasteiger partial charge in [0.25, 0.3) is 0 Å². The quantitative estimate of drug-likeness (QED) is 0.657.